The molecule has 26 heavy (non-hydrogen) atoms. The van der Waals surface area contributed by atoms with Crippen LogP contribution in [0.4, 0.5) is 11.4 Å². The number of likely N-dealkylation sites (tertiary alicyclic amines) is 1. The topological polar surface area (TPSA) is 75.5 Å². The van der Waals surface area contributed by atoms with Crippen LogP contribution in [0.15, 0.2) is 48.5 Å². The Labute approximate surface area is 152 Å². The fraction of sp³-hybridized carbons (Fsp3) is 0.350. The van der Waals surface area contributed by atoms with E-state index in [0.717, 1.165) is 17.7 Å². The zero-order chi connectivity index (χ0) is 18.3. The minimum absolute atomic E-state index is 0.0373. The van der Waals surface area contributed by atoms with Gasteiger partial charge in [-0.25, -0.2) is 0 Å². The minimum Gasteiger partial charge on any atom is -0.377 e. The Morgan fingerprint density at radius 1 is 1.19 bits per heavy atom. The predicted molar refractivity (Wildman–Crippen MR) is 98.8 cm³/mol. The summed E-state index contributed by atoms with van der Waals surface area (Å²) in [6, 6.07) is 14.6. The van der Waals surface area contributed by atoms with Crippen LogP contribution in [0.25, 0.3) is 0 Å². The van der Waals surface area contributed by atoms with E-state index >= 15 is 0 Å². The second kappa shape index (κ2) is 6.44. The molecule has 6 heteroatoms. The summed E-state index contributed by atoms with van der Waals surface area (Å²) in [6.07, 6.45) is 1.30. The number of carbonyl (C=O) groups is 1. The molecule has 134 valence electrons. The average molecular weight is 351 g/mol. The molecule has 0 saturated carbocycles. The van der Waals surface area contributed by atoms with Crippen LogP contribution in [-0.2, 0) is 4.79 Å². The fourth-order valence-electron chi connectivity index (χ4n) is 4.43. The number of nitro benzene ring substituents is 1. The summed E-state index contributed by atoms with van der Waals surface area (Å²) in [7, 11) is 0. The second-order valence-corrected chi connectivity index (χ2v) is 6.86. The van der Waals surface area contributed by atoms with Gasteiger partial charge in [0, 0.05) is 30.6 Å². The maximum atomic E-state index is 12.5. The molecule has 4 rings (SSSR count). The Balaban J connectivity index is 1.83. The third-order valence-corrected chi connectivity index (χ3v) is 5.55. The number of rotatable bonds is 3. The molecule has 0 bridgehead atoms. The molecule has 2 heterocycles. The van der Waals surface area contributed by atoms with E-state index in [2.05, 4.69) is 11.4 Å². The van der Waals surface area contributed by atoms with Gasteiger partial charge in [0.15, 0.2) is 0 Å². The van der Waals surface area contributed by atoms with Crippen molar-refractivity contribution in [3.05, 3.63) is 69.8 Å². The molecule has 0 spiro atoms. The normalized spacial score (nSPS) is 23.7. The van der Waals surface area contributed by atoms with E-state index in [1.165, 1.54) is 0 Å². The first-order chi connectivity index (χ1) is 12.6. The van der Waals surface area contributed by atoms with Crippen LogP contribution in [0.3, 0.4) is 0 Å². The predicted octanol–water partition coefficient (Wildman–Crippen LogP) is 4.06. The van der Waals surface area contributed by atoms with Crippen LogP contribution in [0.5, 0.6) is 0 Å². The number of nitro groups is 1. The van der Waals surface area contributed by atoms with E-state index in [9.17, 15) is 14.9 Å². The lowest BCUT2D eigenvalue weighted by Crippen LogP contribution is -2.37. The first-order valence-electron chi connectivity index (χ1n) is 9.00. The number of fused-ring (bicyclic) bond motifs is 3. The van der Waals surface area contributed by atoms with Crippen molar-refractivity contribution in [2.24, 2.45) is 5.92 Å². The fourth-order valence-corrected chi connectivity index (χ4v) is 4.43. The summed E-state index contributed by atoms with van der Waals surface area (Å²) in [5.74, 6) is 0.247. The molecular weight excluding hydrogens is 330 g/mol. The van der Waals surface area contributed by atoms with Gasteiger partial charge in [-0.3, -0.25) is 14.9 Å². The molecule has 0 aromatic heterocycles. The van der Waals surface area contributed by atoms with Crippen molar-refractivity contribution >= 4 is 17.3 Å². The summed E-state index contributed by atoms with van der Waals surface area (Å²) < 4.78 is 0. The maximum Gasteiger partial charge on any atom is 0.274 e. The lowest BCUT2D eigenvalue weighted by Gasteiger charge is -2.39. The Hall–Kier alpha value is -2.89. The minimum atomic E-state index is -0.323. The molecule has 6 nitrogen and oxygen atoms in total. The second-order valence-electron chi connectivity index (χ2n) is 6.86. The summed E-state index contributed by atoms with van der Waals surface area (Å²) in [5.41, 5.74) is 2.87. The van der Waals surface area contributed by atoms with Gasteiger partial charge in [-0.05, 0) is 18.1 Å². The van der Waals surface area contributed by atoms with Crippen molar-refractivity contribution in [3.63, 3.8) is 0 Å². The number of hydrogen-bond donors (Lipinski definition) is 1. The molecule has 1 N–H and O–H groups in total. The molecule has 1 saturated heterocycles. The maximum absolute atomic E-state index is 12.5. The lowest BCUT2D eigenvalue weighted by atomic mass is 9.79. The standard InChI is InChI=1S/C20H21N3O3/c1-2-18(24)22-12-11-15-19(14-8-4-6-10-17(14)23(25)26)21-16-9-5-3-7-13(16)20(15)22/h3-10,15,19-21H,2,11-12H2,1H3/t15-,19-,20+/m0/s1. The zero-order valence-corrected chi connectivity index (χ0v) is 14.6. The van der Waals surface area contributed by atoms with Gasteiger partial charge in [-0.2, -0.15) is 0 Å². The van der Waals surface area contributed by atoms with Crippen molar-refractivity contribution < 1.29 is 9.72 Å². The third kappa shape index (κ3) is 2.53. The van der Waals surface area contributed by atoms with E-state index in [4.69, 9.17) is 0 Å². The highest BCUT2D eigenvalue weighted by atomic mass is 16.6. The molecule has 2 aromatic rings. The Bertz CT molecular complexity index is 867. The van der Waals surface area contributed by atoms with Crippen LogP contribution in [0.2, 0.25) is 0 Å². The van der Waals surface area contributed by atoms with Gasteiger partial charge in [-0.15, -0.1) is 0 Å². The summed E-state index contributed by atoms with van der Waals surface area (Å²) in [4.78, 5) is 25.7. The number of nitrogens with zero attached hydrogens (tertiary/aromatic N) is 2. The van der Waals surface area contributed by atoms with E-state index in [-0.39, 0.29) is 34.5 Å². The van der Waals surface area contributed by atoms with E-state index in [1.807, 2.05) is 42.2 Å². The average Bonchev–Trinajstić information content (AvgIpc) is 3.12. The number of para-hydroxylation sites is 2. The number of hydrogen-bond acceptors (Lipinski definition) is 4. The van der Waals surface area contributed by atoms with Crippen LogP contribution >= 0.6 is 0 Å². The molecule has 0 aliphatic carbocycles. The van der Waals surface area contributed by atoms with Gasteiger partial charge >= 0.3 is 0 Å². The third-order valence-electron chi connectivity index (χ3n) is 5.55. The van der Waals surface area contributed by atoms with Gasteiger partial charge in [0.1, 0.15) is 0 Å². The molecule has 0 unspecified atom stereocenters. The Morgan fingerprint density at radius 3 is 2.62 bits per heavy atom. The van der Waals surface area contributed by atoms with E-state index < -0.39 is 0 Å². The number of carbonyl (C=O) groups excluding carboxylic acids is 1. The van der Waals surface area contributed by atoms with Crippen molar-refractivity contribution in [1.29, 1.82) is 0 Å². The molecule has 2 aromatic carbocycles. The first kappa shape index (κ1) is 16.6. The van der Waals surface area contributed by atoms with Gasteiger partial charge in [0.25, 0.3) is 5.69 Å². The van der Waals surface area contributed by atoms with E-state index in [0.29, 0.717) is 18.5 Å². The van der Waals surface area contributed by atoms with Gasteiger partial charge in [0.05, 0.1) is 22.6 Å². The van der Waals surface area contributed by atoms with Gasteiger partial charge in [-0.1, -0.05) is 43.3 Å². The highest BCUT2D eigenvalue weighted by Crippen LogP contribution is 2.52. The van der Waals surface area contributed by atoms with Crippen LogP contribution in [0, 0.1) is 16.0 Å². The van der Waals surface area contributed by atoms with Crippen molar-refractivity contribution in [1.82, 2.24) is 4.90 Å². The van der Waals surface area contributed by atoms with E-state index in [1.54, 1.807) is 12.1 Å². The van der Waals surface area contributed by atoms with Crippen LogP contribution in [0.1, 0.15) is 43.0 Å². The Kier molecular flexibility index (Phi) is 4.11. The van der Waals surface area contributed by atoms with Crippen molar-refractivity contribution in [2.45, 2.75) is 31.8 Å². The molecular formula is C20H21N3O3. The number of amides is 1. The smallest absolute Gasteiger partial charge is 0.274 e. The number of nitrogens with one attached hydrogen (secondary N) is 1. The highest BCUT2D eigenvalue weighted by Gasteiger charge is 2.47. The SMILES string of the molecule is CCC(=O)N1CC[C@@H]2[C@H]1c1ccccc1N[C@H]2c1ccccc1[N+](=O)[O-]. The highest BCUT2D eigenvalue weighted by molar-refractivity contribution is 5.77. The number of benzene rings is 2. The first-order valence-corrected chi connectivity index (χ1v) is 9.00. The monoisotopic (exact) mass is 351 g/mol. The van der Waals surface area contributed by atoms with Crippen molar-refractivity contribution in [2.75, 3.05) is 11.9 Å². The Morgan fingerprint density at radius 2 is 1.88 bits per heavy atom. The molecule has 1 fully saturated rings. The summed E-state index contributed by atoms with van der Waals surface area (Å²) in [5, 5.41) is 15.0. The lowest BCUT2D eigenvalue weighted by molar-refractivity contribution is -0.385. The molecule has 0 radical (unpaired) electrons. The molecule has 3 atom stereocenters. The quantitative estimate of drug-likeness (QED) is 0.668. The molecule has 2 aliphatic rings. The van der Waals surface area contributed by atoms with Crippen molar-refractivity contribution in [3.8, 4) is 0 Å². The number of anilines is 1. The zero-order valence-electron chi connectivity index (χ0n) is 14.6. The summed E-state index contributed by atoms with van der Waals surface area (Å²) >= 11 is 0. The van der Waals surface area contributed by atoms with Gasteiger partial charge in [0.2, 0.25) is 5.91 Å². The molecule has 1 amide bonds. The summed E-state index contributed by atoms with van der Waals surface area (Å²) in [6.45, 7) is 2.57. The van der Waals surface area contributed by atoms with Crippen LogP contribution < -0.4 is 5.32 Å². The van der Waals surface area contributed by atoms with Gasteiger partial charge < -0.3 is 10.2 Å². The largest absolute Gasteiger partial charge is 0.377 e. The van der Waals surface area contributed by atoms with Crippen LogP contribution in [-0.4, -0.2) is 22.3 Å². The molecule has 2 aliphatic heterocycles.